The van der Waals surface area contributed by atoms with Crippen LogP contribution in [0.5, 0.6) is 11.5 Å². The molecule has 0 aliphatic rings. The van der Waals surface area contributed by atoms with Gasteiger partial charge in [0.05, 0.1) is 13.7 Å². The van der Waals surface area contributed by atoms with Crippen LogP contribution < -0.4 is 14.8 Å². The third-order valence-electron chi connectivity index (χ3n) is 4.16. The molecule has 2 aromatic rings. The molecule has 0 aromatic heterocycles. The summed E-state index contributed by atoms with van der Waals surface area (Å²) >= 11 is 0. The molecule has 0 spiro atoms. The summed E-state index contributed by atoms with van der Waals surface area (Å²) in [6, 6.07) is 13.9. The Morgan fingerprint density at radius 1 is 1.03 bits per heavy atom. The van der Waals surface area contributed by atoms with Crippen LogP contribution in [-0.4, -0.2) is 56.6 Å². The van der Waals surface area contributed by atoms with Gasteiger partial charge in [-0.15, -0.1) is 0 Å². The lowest BCUT2D eigenvalue weighted by atomic mass is 10.2. The summed E-state index contributed by atoms with van der Waals surface area (Å²) in [5.41, 5.74) is 1.28. The number of carbonyl (C=O) groups excluding carboxylic acids is 3. The van der Waals surface area contributed by atoms with E-state index >= 15 is 0 Å². The average Bonchev–Trinajstić information content (AvgIpc) is 2.77. The molecule has 0 fully saturated rings. The maximum Gasteiger partial charge on any atom is 0.325 e. The van der Waals surface area contributed by atoms with E-state index in [1.807, 2.05) is 31.2 Å². The molecule has 0 radical (unpaired) electrons. The number of esters is 1. The summed E-state index contributed by atoms with van der Waals surface area (Å²) < 4.78 is 15.4. The molecule has 160 valence electrons. The second-order valence-electron chi connectivity index (χ2n) is 6.40. The van der Waals surface area contributed by atoms with Gasteiger partial charge in [-0.2, -0.15) is 0 Å². The lowest BCUT2D eigenvalue weighted by molar-refractivity contribution is -0.150. The maximum absolute atomic E-state index is 12.2. The predicted molar refractivity (Wildman–Crippen MR) is 110 cm³/mol. The first-order valence-corrected chi connectivity index (χ1v) is 9.46. The zero-order valence-corrected chi connectivity index (χ0v) is 17.3. The number of rotatable bonds is 10. The third kappa shape index (κ3) is 7.12. The van der Waals surface area contributed by atoms with Gasteiger partial charge in [-0.05, 0) is 42.8 Å². The molecule has 2 rings (SSSR count). The van der Waals surface area contributed by atoms with Crippen molar-refractivity contribution in [3.05, 3.63) is 59.7 Å². The molecule has 0 saturated carbocycles. The molecule has 2 amide bonds. The smallest absolute Gasteiger partial charge is 0.325 e. The summed E-state index contributed by atoms with van der Waals surface area (Å²) in [7, 11) is 3.12. The Labute approximate surface area is 175 Å². The van der Waals surface area contributed by atoms with Crippen molar-refractivity contribution < 1.29 is 28.6 Å². The van der Waals surface area contributed by atoms with Crippen molar-refractivity contribution >= 4 is 17.8 Å². The van der Waals surface area contributed by atoms with E-state index in [-0.39, 0.29) is 12.5 Å². The summed E-state index contributed by atoms with van der Waals surface area (Å²) in [6.45, 7) is 2.12. The van der Waals surface area contributed by atoms with Gasteiger partial charge in [-0.25, -0.2) is 0 Å². The first kappa shape index (κ1) is 22.7. The van der Waals surface area contributed by atoms with Gasteiger partial charge in [0.15, 0.2) is 6.61 Å². The molecular formula is C22H26N2O6. The van der Waals surface area contributed by atoms with Crippen molar-refractivity contribution in [1.82, 2.24) is 10.2 Å². The molecule has 0 saturated heterocycles. The molecule has 8 nitrogen and oxygen atoms in total. The highest BCUT2D eigenvalue weighted by Crippen LogP contribution is 2.14. The third-order valence-corrected chi connectivity index (χ3v) is 4.16. The van der Waals surface area contributed by atoms with Crippen LogP contribution in [0.2, 0.25) is 0 Å². The number of carbonyl (C=O) groups is 3. The second-order valence-corrected chi connectivity index (χ2v) is 6.40. The van der Waals surface area contributed by atoms with Crippen LogP contribution in [0.15, 0.2) is 48.5 Å². The number of hydrogen-bond acceptors (Lipinski definition) is 6. The van der Waals surface area contributed by atoms with Crippen LogP contribution in [0.3, 0.4) is 0 Å². The van der Waals surface area contributed by atoms with Gasteiger partial charge in [0.1, 0.15) is 18.0 Å². The Bertz CT molecular complexity index is 866. The van der Waals surface area contributed by atoms with Crippen LogP contribution in [0, 0.1) is 0 Å². The Balaban J connectivity index is 1.73. The Hall–Kier alpha value is -3.55. The van der Waals surface area contributed by atoms with Crippen molar-refractivity contribution in [3.63, 3.8) is 0 Å². The minimum Gasteiger partial charge on any atom is -0.497 e. The number of likely N-dealkylation sites (N-methyl/N-ethyl adjacent to an activating group) is 1. The van der Waals surface area contributed by atoms with Crippen LogP contribution in [0.1, 0.15) is 22.8 Å². The predicted octanol–water partition coefficient (Wildman–Crippen LogP) is 2.03. The van der Waals surface area contributed by atoms with Crippen LogP contribution in [-0.2, 0) is 20.9 Å². The van der Waals surface area contributed by atoms with Crippen molar-refractivity contribution in [3.8, 4) is 11.5 Å². The van der Waals surface area contributed by atoms with Crippen molar-refractivity contribution in [1.29, 1.82) is 0 Å². The van der Waals surface area contributed by atoms with Crippen molar-refractivity contribution in [2.75, 3.05) is 33.9 Å². The molecule has 8 heteroatoms. The summed E-state index contributed by atoms with van der Waals surface area (Å²) in [5.74, 6) is -0.193. The minimum atomic E-state index is -0.700. The van der Waals surface area contributed by atoms with Gasteiger partial charge < -0.3 is 24.4 Å². The largest absolute Gasteiger partial charge is 0.497 e. The first-order valence-electron chi connectivity index (χ1n) is 9.46. The summed E-state index contributed by atoms with van der Waals surface area (Å²) in [5, 5.41) is 2.45. The molecule has 30 heavy (non-hydrogen) atoms. The SMILES string of the molecule is CCOc1ccc(CN(C)C(=O)COC(=O)CNC(=O)c2cccc(OC)c2)cc1. The molecule has 0 bridgehead atoms. The molecule has 0 aliphatic heterocycles. The van der Waals surface area contributed by atoms with E-state index in [0.717, 1.165) is 11.3 Å². The quantitative estimate of drug-likeness (QED) is 0.598. The Morgan fingerprint density at radius 2 is 1.77 bits per heavy atom. The topological polar surface area (TPSA) is 94.2 Å². The van der Waals surface area contributed by atoms with Gasteiger partial charge in [-0.1, -0.05) is 18.2 Å². The highest BCUT2D eigenvalue weighted by molar-refractivity contribution is 5.96. The van der Waals surface area contributed by atoms with E-state index in [0.29, 0.717) is 24.5 Å². The van der Waals surface area contributed by atoms with Gasteiger partial charge in [0, 0.05) is 19.2 Å². The van der Waals surface area contributed by atoms with Crippen molar-refractivity contribution in [2.45, 2.75) is 13.5 Å². The zero-order valence-electron chi connectivity index (χ0n) is 17.3. The number of amides is 2. The maximum atomic E-state index is 12.2. The van der Waals surface area contributed by atoms with Gasteiger partial charge in [0.2, 0.25) is 0 Å². The number of hydrogen-bond donors (Lipinski definition) is 1. The lowest BCUT2D eigenvalue weighted by Gasteiger charge is -2.17. The van der Waals surface area contributed by atoms with Crippen LogP contribution in [0.25, 0.3) is 0 Å². The monoisotopic (exact) mass is 414 g/mol. The minimum absolute atomic E-state index is 0.341. The normalized spacial score (nSPS) is 10.1. The molecule has 2 aromatic carbocycles. The fourth-order valence-corrected chi connectivity index (χ4v) is 2.54. The number of methoxy groups -OCH3 is 1. The lowest BCUT2D eigenvalue weighted by Crippen LogP contribution is -2.34. The van der Waals surface area contributed by atoms with E-state index in [4.69, 9.17) is 14.2 Å². The molecule has 0 heterocycles. The average molecular weight is 414 g/mol. The first-order chi connectivity index (χ1) is 14.4. The number of nitrogens with one attached hydrogen (secondary N) is 1. The van der Waals surface area contributed by atoms with E-state index in [1.54, 1.807) is 31.3 Å². The van der Waals surface area contributed by atoms with E-state index in [2.05, 4.69) is 5.32 Å². The standard InChI is InChI=1S/C22H26N2O6/c1-4-29-18-10-8-16(9-11-18)14-24(2)20(25)15-30-21(26)13-23-22(27)17-6-5-7-19(12-17)28-3/h5-12H,4,13-15H2,1-3H3,(H,23,27). The molecule has 0 atom stereocenters. The van der Waals surface area contributed by atoms with E-state index < -0.39 is 18.5 Å². The molecular weight excluding hydrogens is 388 g/mol. The highest BCUT2D eigenvalue weighted by atomic mass is 16.5. The van der Waals surface area contributed by atoms with Crippen LogP contribution >= 0.6 is 0 Å². The van der Waals surface area contributed by atoms with Gasteiger partial charge in [-0.3, -0.25) is 14.4 Å². The molecule has 1 N–H and O–H groups in total. The molecule has 0 unspecified atom stereocenters. The van der Waals surface area contributed by atoms with Gasteiger partial charge >= 0.3 is 5.97 Å². The van der Waals surface area contributed by atoms with Crippen LogP contribution in [0.4, 0.5) is 0 Å². The number of benzene rings is 2. The Kier molecular flexibility index (Phi) is 8.68. The van der Waals surface area contributed by atoms with Crippen molar-refractivity contribution in [2.24, 2.45) is 0 Å². The molecule has 0 aliphatic carbocycles. The van der Waals surface area contributed by atoms with Gasteiger partial charge in [0.25, 0.3) is 11.8 Å². The fourth-order valence-electron chi connectivity index (χ4n) is 2.54. The zero-order chi connectivity index (χ0) is 21.9. The highest BCUT2D eigenvalue weighted by Gasteiger charge is 2.14. The summed E-state index contributed by atoms with van der Waals surface area (Å²) in [4.78, 5) is 37.5. The second kappa shape index (κ2) is 11.5. The fraction of sp³-hybridized carbons (Fsp3) is 0.318. The number of nitrogens with zero attached hydrogens (tertiary/aromatic N) is 1. The van der Waals surface area contributed by atoms with E-state index in [1.165, 1.54) is 12.0 Å². The summed E-state index contributed by atoms with van der Waals surface area (Å²) in [6.07, 6.45) is 0. The number of ether oxygens (including phenoxy) is 3. The Morgan fingerprint density at radius 3 is 2.43 bits per heavy atom. The van der Waals surface area contributed by atoms with E-state index in [9.17, 15) is 14.4 Å².